The van der Waals surface area contributed by atoms with Gasteiger partial charge in [0.25, 0.3) is 0 Å². The molecule has 1 heterocycles. The number of methoxy groups -OCH3 is 1. The zero-order valence-electron chi connectivity index (χ0n) is 10.8. The van der Waals surface area contributed by atoms with Gasteiger partial charge in [-0.15, -0.1) is 0 Å². The number of hydrogen-bond acceptors (Lipinski definition) is 2. The van der Waals surface area contributed by atoms with Crippen molar-refractivity contribution in [3.05, 3.63) is 42.0 Å². The Labute approximate surface area is 108 Å². The van der Waals surface area contributed by atoms with Crippen LogP contribution < -0.4 is 10.1 Å². The van der Waals surface area contributed by atoms with E-state index in [-0.39, 0.29) is 0 Å². The van der Waals surface area contributed by atoms with Gasteiger partial charge in [-0.3, -0.25) is 0 Å². The lowest BCUT2D eigenvalue weighted by molar-refractivity contribution is 0.419. The molecule has 18 heavy (non-hydrogen) atoms. The molecule has 0 aliphatic carbocycles. The average molecular weight is 241 g/mol. The Morgan fingerprint density at radius 2 is 2.06 bits per heavy atom. The van der Waals surface area contributed by atoms with Gasteiger partial charge in [0, 0.05) is 11.4 Å². The van der Waals surface area contributed by atoms with Gasteiger partial charge in [-0.1, -0.05) is 30.3 Å². The summed E-state index contributed by atoms with van der Waals surface area (Å²) < 4.78 is 5.51. The number of rotatable bonds is 3. The van der Waals surface area contributed by atoms with Crippen LogP contribution in [0.4, 0.5) is 0 Å². The van der Waals surface area contributed by atoms with Gasteiger partial charge in [-0.2, -0.15) is 0 Å². The molecule has 1 saturated heterocycles. The molecule has 1 aliphatic heterocycles. The number of fused-ring (bicyclic) bond motifs is 1. The van der Waals surface area contributed by atoms with Crippen molar-refractivity contribution in [1.29, 1.82) is 0 Å². The van der Waals surface area contributed by atoms with Gasteiger partial charge in [0.15, 0.2) is 0 Å². The summed E-state index contributed by atoms with van der Waals surface area (Å²) in [5.41, 5.74) is 1.39. The van der Waals surface area contributed by atoms with Crippen LogP contribution in [0.3, 0.4) is 0 Å². The third kappa shape index (κ3) is 2.08. The number of nitrogens with one attached hydrogen (secondary N) is 1. The fraction of sp³-hybridized carbons (Fsp3) is 0.375. The second-order valence-corrected chi connectivity index (χ2v) is 4.97. The van der Waals surface area contributed by atoms with E-state index in [0.717, 1.165) is 18.7 Å². The molecule has 2 nitrogen and oxygen atoms in total. The van der Waals surface area contributed by atoms with Crippen LogP contribution in [-0.4, -0.2) is 19.7 Å². The third-order valence-electron chi connectivity index (χ3n) is 3.80. The molecule has 1 atom stereocenters. The minimum absolute atomic E-state index is 0.625. The molecule has 94 valence electrons. The first-order chi connectivity index (χ1) is 8.88. The summed E-state index contributed by atoms with van der Waals surface area (Å²) in [6.45, 7) is 1.16. The highest BCUT2D eigenvalue weighted by molar-refractivity contribution is 5.91. The topological polar surface area (TPSA) is 21.3 Å². The average Bonchev–Trinajstić information content (AvgIpc) is 2.91. The first-order valence-electron chi connectivity index (χ1n) is 6.66. The van der Waals surface area contributed by atoms with E-state index in [0.29, 0.717) is 6.04 Å². The Balaban J connectivity index is 2.04. The SMILES string of the molecule is COc1cccc2cccc(CC3CCCN3)c12. The van der Waals surface area contributed by atoms with E-state index in [1.807, 2.05) is 6.07 Å². The van der Waals surface area contributed by atoms with Crippen molar-refractivity contribution in [2.24, 2.45) is 0 Å². The van der Waals surface area contributed by atoms with Crippen LogP contribution in [0.2, 0.25) is 0 Å². The van der Waals surface area contributed by atoms with E-state index in [1.54, 1.807) is 7.11 Å². The molecule has 0 radical (unpaired) electrons. The van der Waals surface area contributed by atoms with Crippen molar-refractivity contribution in [2.45, 2.75) is 25.3 Å². The van der Waals surface area contributed by atoms with Crippen LogP contribution in [0.15, 0.2) is 36.4 Å². The fourth-order valence-corrected chi connectivity index (χ4v) is 2.92. The van der Waals surface area contributed by atoms with E-state index in [9.17, 15) is 0 Å². The molecule has 2 heteroatoms. The second-order valence-electron chi connectivity index (χ2n) is 4.97. The first-order valence-corrected chi connectivity index (χ1v) is 6.66. The molecule has 1 N–H and O–H groups in total. The second kappa shape index (κ2) is 4.99. The van der Waals surface area contributed by atoms with Crippen molar-refractivity contribution in [2.75, 3.05) is 13.7 Å². The van der Waals surface area contributed by atoms with E-state index < -0.39 is 0 Å². The number of hydrogen-bond donors (Lipinski definition) is 1. The molecule has 3 rings (SSSR count). The molecule has 0 saturated carbocycles. The van der Waals surface area contributed by atoms with Crippen molar-refractivity contribution in [3.8, 4) is 5.75 Å². The van der Waals surface area contributed by atoms with E-state index in [2.05, 4.69) is 35.6 Å². The predicted octanol–water partition coefficient (Wildman–Crippen LogP) is 3.14. The maximum Gasteiger partial charge on any atom is 0.126 e. The molecule has 0 spiro atoms. The molecule has 0 aromatic heterocycles. The summed E-state index contributed by atoms with van der Waals surface area (Å²) in [5.74, 6) is 0.987. The lowest BCUT2D eigenvalue weighted by Gasteiger charge is -2.14. The molecule has 0 amide bonds. The zero-order valence-corrected chi connectivity index (χ0v) is 10.8. The maximum atomic E-state index is 5.51. The minimum atomic E-state index is 0.625. The molecule has 0 bridgehead atoms. The smallest absolute Gasteiger partial charge is 0.126 e. The predicted molar refractivity (Wildman–Crippen MR) is 75.2 cm³/mol. The molecule has 1 aliphatic rings. The van der Waals surface area contributed by atoms with Gasteiger partial charge in [-0.05, 0) is 42.8 Å². The van der Waals surface area contributed by atoms with Gasteiger partial charge in [-0.25, -0.2) is 0 Å². The number of benzene rings is 2. The molecular formula is C16H19NO. The highest BCUT2D eigenvalue weighted by Crippen LogP contribution is 2.30. The Hall–Kier alpha value is -1.54. The summed E-state index contributed by atoms with van der Waals surface area (Å²) in [7, 11) is 1.75. The summed E-state index contributed by atoms with van der Waals surface area (Å²) >= 11 is 0. The minimum Gasteiger partial charge on any atom is -0.496 e. The van der Waals surface area contributed by atoms with Gasteiger partial charge in [0.2, 0.25) is 0 Å². The maximum absolute atomic E-state index is 5.51. The normalized spacial score (nSPS) is 19.3. The quantitative estimate of drug-likeness (QED) is 0.891. The van der Waals surface area contributed by atoms with Gasteiger partial charge in [0.05, 0.1) is 7.11 Å². The zero-order chi connectivity index (χ0) is 12.4. The monoisotopic (exact) mass is 241 g/mol. The lowest BCUT2D eigenvalue weighted by Crippen LogP contribution is -2.23. The Bertz CT molecular complexity index is 539. The summed E-state index contributed by atoms with van der Waals surface area (Å²) in [4.78, 5) is 0. The van der Waals surface area contributed by atoms with Crippen LogP contribution in [0.5, 0.6) is 5.75 Å². The van der Waals surface area contributed by atoms with Crippen molar-refractivity contribution in [1.82, 2.24) is 5.32 Å². The van der Waals surface area contributed by atoms with Crippen molar-refractivity contribution in [3.63, 3.8) is 0 Å². The van der Waals surface area contributed by atoms with Gasteiger partial charge < -0.3 is 10.1 Å². The molecule has 1 unspecified atom stereocenters. The van der Waals surface area contributed by atoms with Crippen LogP contribution in [0.1, 0.15) is 18.4 Å². The summed E-state index contributed by atoms with van der Waals surface area (Å²) in [6.07, 6.45) is 3.68. The van der Waals surface area contributed by atoms with Crippen molar-refractivity contribution >= 4 is 10.8 Å². The first kappa shape index (κ1) is 11.5. The lowest BCUT2D eigenvalue weighted by atomic mass is 9.97. The standard InChI is InChI=1S/C16H19NO/c1-18-15-9-3-6-12-5-2-7-13(16(12)15)11-14-8-4-10-17-14/h2-3,5-7,9,14,17H,4,8,10-11H2,1H3. The third-order valence-corrected chi connectivity index (χ3v) is 3.80. The molecule has 2 aromatic carbocycles. The Morgan fingerprint density at radius 3 is 2.78 bits per heavy atom. The van der Waals surface area contributed by atoms with Gasteiger partial charge in [0.1, 0.15) is 5.75 Å². The highest BCUT2D eigenvalue weighted by Gasteiger charge is 2.16. The van der Waals surface area contributed by atoms with Crippen LogP contribution in [-0.2, 0) is 6.42 Å². The van der Waals surface area contributed by atoms with E-state index in [4.69, 9.17) is 4.74 Å². The Kier molecular flexibility index (Phi) is 3.20. The van der Waals surface area contributed by atoms with Crippen LogP contribution in [0.25, 0.3) is 10.8 Å². The summed E-state index contributed by atoms with van der Waals surface area (Å²) in [6, 6.07) is 13.4. The van der Waals surface area contributed by atoms with E-state index in [1.165, 1.54) is 29.2 Å². The largest absolute Gasteiger partial charge is 0.496 e. The van der Waals surface area contributed by atoms with Crippen LogP contribution >= 0.6 is 0 Å². The van der Waals surface area contributed by atoms with Gasteiger partial charge >= 0.3 is 0 Å². The number of ether oxygens (including phenoxy) is 1. The molecule has 1 fully saturated rings. The Morgan fingerprint density at radius 1 is 1.22 bits per heavy atom. The molecular weight excluding hydrogens is 222 g/mol. The van der Waals surface area contributed by atoms with Crippen LogP contribution in [0, 0.1) is 0 Å². The summed E-state index contributed by atoms with van der Waals surface area (Å²) in [5, 5.41) is 6.11. The molecule has 2 aromatic rings. The highest BCUT2D eigenvalue weighted by atomic mass is 16.5. The van der Waals surface area contributed by atoms with Crippen molar-refractivity contribution < 1.29 is 4.74 Å². The van der Waals surface area contributed by atoms with E-state index >= 15 is 0 Å². The fourth-order valence-electron chi connectivity index (χ4n) is 2.92.